The maximum atomic E-state index is 12.7. The van der Waals surface area contributed by atoms with Crippen LogP contribution in [0.3, 0.4) is 0 Å². The lowest BCUT2D eigenvalue weighted by molar-refractivity contribution is 0.0658. The number of hydrogen-bond donors (Lipinski definition) is 1. The largest absolute Gasteiger partial charge is 0.372 e. The van der Waals surface area contributed by atoms with Crippen LogP contribution in [-0.4, -0.2) is 72.0 Å². The number of carbonyl (C=O) groups excluding carboxylic acids is 1. The molecule has 2 aromatic rings. The molecule has 7 heteroatoms. The van der Waals surface area contributed by atoms with Crippen molar-refractivity contribution < 1.29 is 4.79 Å². The Balaban J connectivity index is 1.39. The Labute approximate surface area is 172 Å². The van der Waals surface area contributed by atoms with Crippen molar-refractivity contribution in [1.82, 2.24) is 19.8 Å². The van der Waals surface area contributed by atoms with Crippen molar-refractivity contribution in [2.45, 2.75) is 19.8 Å². The second kappa shape index (κ2) is 8.78. The van der Waals surface area contributed by atoms with Gasteiger partial charge in [-0.3, -0.25) is 4.79 Å². The highest BCUT2D eigenvalue weighted by molar-refractivity contribution is 5.93. The number of anilines is 3. The van der Waals surface area contributed by atoms with Crippen molar-refractivity contribution in [3.05, 3.63) is 42.4 Å². The molecule has 2 aliphatic rings. The molecule has 2 aliphatic heterocycles. The molecular formula is C22H30N6O. The maximum absolute atomic E-state index is 12.7. The zero-order valence-corrected chi connectivity index (χ0v) is 17.3. The molecule has 0 radical (unpaired) electrons. The standard InChI is InChI=1S/C22H30N6O/c1-17-7-9-27(10-8-17)19-5-3-18(4-6-19)25-21-15-20(23-16-24-21)22(29)28-13-11-26(2)12-14-28/h3-6,15-17H,7-14H2,1-2H3,(H,23,24,25). The molecule has 0 bridgehead atoms. The normalized spacial score (nSPS) is 18.7. The van der Waals surface area contributed by atoms with Gasteiger partial charge in [0, 0.05) is 56.7 Å². The summed E-state index contributed by atoms with van der Waals surface area (Å²) >= 11 is 0. The minimum absolute atomic E-state index is 0.0294. The highest BCUT2D eigenvalue weighted by Crippen LogP contribution is 2.25. The quantitative estimate of drug-likeness (QED) is 0.860. The van der Waals surface area contributed by atoms with Crippen LogP contribution in [0.2, 0.25) is 0 Å². The van der Waals surface area contributed by atoms with E-state index in [4.69, 9.17) is 0 Å². The molecule has 154 valence electrons. The molecule has 1 aromatic carbocycles. The summed E-state index contributed by atoms with van der Waals surface area (Å²) in [4.78, 5) is 27.7. The Bertz CT molecular complexity index is 823. The number of likely N-dealkylation sites (N-methyl/N-ethyl adjacent to an activating group) is 1. The highest BCUT2D eigenvalue weighted by atomic mass is 16.2. The van der Waals surface area contributed by atoms with E-state index in [0.29, 0.717) is 11.5 Å². The summed E-state index contributed by atoms with van der Waals surface area (Å²) in [5, 5.41) is 3.30. The van der Waals surface area contributed by atoms with Crippen molar-refractivity contribution in [2.24, 2.45) is 5.92 Å². The lowest BCUT2D eigenvalue weighted by atomic mass is 9.99. The third-order valence-electron chi connectivity index (χ3n) is 5.97. The molecular weight excluding hydrogens is 364 g/mol. The summed E-state index contributed by atoms with van der Waals surface area (Å²) in [5.74, 6) is 1.43. The number of piperazine rings is 1. The average molecular weight is 395 g/mol. The molecule has 1 N–H and O–H groups in total. The molecule has 2 saturated heterocycles. The summed E-state index contributed by atoms with van der Waals surface area (Å²) in [6.07, 6.45) is 3.96. The fourth-order valence-corrected chi connectivity index (χ4v) is 3.88. The van der Waals surface area contributed by atoms with Crippen LogP contribution < -0.4 is 10.2 Å². The van der Waals surface area contributed by atoms with Gasteiger partial charge in [-0.2, -0.15) is 0 Å². The van der Waals surface area contributed by atoms with E-state index in [0.717, 1.165) is 50.9 Å². The minimum Gasteiger partial charge on any atom is -0.372 e. The van der Waals surface area contributed by atoms with E-state index < -0.39 is 0 Å². The van der Waals surface area contributed by atoms with Crippen LogP contribution in [0.1, 0.15) is 30.3 Å². The van der Waals surface area contributed by atoms with Gasteiger partial charge >= 0.3 is 0 Å². The van der Waals surface area contributed by atoms with Gasteiger partial charge in [0.2, 0.25) is 0 Å². The smallest absolute Gasteiger partial charge is 0.272 e. The van der Waals surface area contributed by atoms with Crippen LogP contribution >= 0.6 is 0 Å². The SMILES string of the molecule is CC1CCN(c2ccc(Nc3cc(C(=O)N4CCN(C)CC4)ncn3)cc2)CC1. The molecule has 2 fully saturated rings. The van der Waals surface area contributed by atoms with Crippen LogP contribution in [0.15, 0.2) is 36.7 Å². The lowest BCUT2D eigenvalue weighted by Crippen LogP contribution is -2.47. The van der Waals surface area contributed by atoms with Crippen LogP contribution in [0, 0.1) is 5.92 Å². The molecule has 0 spiro atoms. The zero-order chi connectivity index (χ0) is 20.2. The summed E-state index contributed by atoms with van der Waals surface area (Å²) in [6, 6.07) is 10.2. The predicted molar refractivity (Wildman–Crippen MR) is 116 cm³/mol. The van der Waals surface area contributed by atoms with E-state index >= 15 is 0 Å². The van der Waals surface area contributed by atoms with Gasteiger partial charge in [-0.1, -0.05) is 6.92 Å². The monoisotopic (exact) mass is 394 g/mol. The Morgan fingerprint density at radius 3 is 2.38 bits per heavy atom. The zero-order valence-electron chi connectivity index (χ0n) is 17.3. The molecule has 4 rings (SSSR count). The molecule has 0 unspecified atom stereocenters. The summed E-state index contributed by atoms with van der Waals surface area (Å²) < 4.78 is 0. The predicted octanol–water partition coefficient (Wildman–Crippen LogP) is 2.84. The Morgan fingerprint density at radius 2 is 1.69 bits per heavy atom. The minimum atomic E-state index is -0.0294. The molecule has 0 saturated carbocycles. The number of aromatic nitrogens is 2. The van der Waals surface area contributed by atoms with Gasteiger partial charge in [0.05, 0.1) is 0 Å². The number of hydrogen-bond acceptors (Lipinski definition) is 6. The second-order valence-corrected chi connectivity index (χ2v) is 8.23. The van der Waals surface area contributed by atoms with Gasteiger partial charge in [-0.25, -0.2) is 9.97 Å². The molecule has 1 amide bonds. The number of nitrogens with zero attached hydrogens (tertiary/aromatic N) is 5. The molecule has 1 aromatic heterocycles. The van der Waals surface area contributed by atoms with Crippen LogP contribution in [0.5, 0.6) is 0 Å². The first-order valence-corrected chi connectivity index (χ1v) is 10.5. The van der Waals surface area contributed by atoms with E-state index in [9.17, 15) is 4.79 Å². The molecule has 29 heavy (non-hydrogen) atoms. The van der Waals surface area contributed by atoms with E-state index in [1.807, 2.05) is 4.90 Å². The van der Waals surface area contributed by atoms with E-state index in [1.165, 1.54) is 24.9 Å². The fraction of sp³-hybridized carbons (Fsp3) is 0.500. The number of nitrogens with one attached hydrogen (secondary N) is 1. The Morgan fingerprint density at radius 1 is 1.00 bits per heavy atom. The van der Waals surface area contributed by atoms with Crippen molar-refractivity contribution in [3.8, 4) is 0 Å². The Kier molecular flexibility index (Phi) is 5.94. The van der Waals surface area contributed by atoms with E-state index in [1.54, 1.807) is 6.07 Å². The number of carbonyl (C=O) groups is 1. The molecule has 3 heterocycles. The van der Waals surface area contributed by atoms with Crippen LogP contribution in [0.4, 0.5) is 17.2 Å². The van der Waals surface area contributed by atoms with Crippen molar-refractivity contribution >= 4 is 23.1 Å². The third-order valence-corrected chi connectivity index (χ3v) is 5.97. The average Bonchev–Trinajstić information content (AvgIpc) is 2.75. The van der Waals surface area contributed by atoms with Gasteiger partial charge < -0.3 is 20.0 Å². The first-order valence-electron chi connectivity index (χ1n) is 10.5. The number of rotatable bonds is 4. The number of amides is 1. The topological polar surface area (TPSA) is 64.6 Å². The Hall–Kier alpha value is -2.67. The highest BCUT2D eigenvalue weighted by Gasteiger charge is 2.21. The first-order chi connectivity index (χ1) is 14.1. The van der Waals surface area contributed by atoms with Crippen molar-refractivity contribution in [1.29, 1.82) is 0 Å². The van der Waals surface area contributed by atoms with Gasteiger partial charge in [0.15, 0.2) is 0 Å². The summed E-state index contributed by atoms with van der Waals surface area (Å²) in [7, 11) is 2.08. The number of piperidine rings is 1. The number of benzene rings is 1. The van der Waals surface area contributed by atoms with Crippen molar-refractivity contribution in [3.63, 3.8) is 0 Å². The third kappa shape index (κ3) is 4.85. The first kappa shape index (κ1) is 19.6. The van der Waals surface area contributed by atoms with E-state index in [2.05, 4.69) is 63.3 Å². The molecule has 7 nitrogen and oxygen atoms in total. The van der Waals surface area contributed by atoms with Gasteiger partial charge in [-0.15, -0.1) is 0 Å². The van der Waals surface area contributed by atoms with Gasteiger partial charge in [-0.05, 0) is 50.1 Å². The van der Waals surface area contributed by atoms with Crippen LogP contribution in [0.25, 0.3) is 0 Å². The lowest BCUT2D eigenvalue weighted by Gasteiger charge is -2.32. The fourth-order valence-electron chi connectivity index (χ4n) is 3.88. The van der Waals surface area contributed by atoms with Crippen LogP contribution in [-0.2, 0) is 0 Å². The molecule has 0 atom stereocenters. The van der Waals surface area contributed by atoms with Gasteiger partial charge in [0.1, 0.15) is 17.8 Å². The van der Waals surface area contributed by atoms with Crippen molar-refractivity contribution in [2.75, 3.05) is 56.5 Å². The summed E-state index contributed by atoms with van der Waals surface area (Å²) in [5.41, 5.74) is 2.65. The van der Waals surface area contributed by atoms with E-state index in [-0.39, 0.29) is 5.91 Å². The summed E-state index contributed by atoms with van der Waals surface area (Å²) in [6.45, 7) is 7.83. The van der Waals surface area contributed by atoms with Gasteiger partial charge in [0.25, 0.3) is 5.91 Å². The second-order valence-electron chi connectivity index (χ2n) is 8.23. The maximum Gasteiger partial charge on any atom is 0.272 e. The molecule has 0 aliphatic carbocycles.